The molecule has 1 saturated heterocycles. The van der Waals surface area contributed by atoms with Crippen molar-refractivity contribution in [3.63, 3.8) is 0 Å². The number of aryl methyl sites for hydroxylation is 1. The molecule has 5 rings (SSSR count). The Morgan fingerprint density at radius 1 is 1.26 bits per heavy atom. The number of ether oxygens (including phenoxy) is 2. The molecule has 9 nitrogen and oxygen atoms in total. The van der Waals surface area contributed by atoms with Gasteiger partial charge in [-0.2, -0.15) is 4.98 Å². The van der Waals surface area contributed by atoms with E-state index in [0.29, 0.717) is 42.6 Å². The molecule has 1 amide bonds. The molecular weight excluding hydrogens is 452 g/mol. The highest BCUT2D eigenvalue weighted by Gasteiger charge is 2.33. The van der Waals surface area contributed by atoms with Gasteiger partial charge in [-0.25, -0.2) is 4.98 Å². The summed E-state index contributed by atoms with van der Waals surface area (Å²) in [6.45, 7) is 7.68. The molecule has 0 radical (unpaired) electrons. The number of thiophene rings is 1. The van der Waals surface area contributed by atoms with Crippen LogP contribution in [0.5, 0.6) is 5.88 Å². The van der Waals surface area contributed by atoms with Crippen molar-refractivity contribution >= 4 is 39.0 Å². The number of pyridine rings is 2. The number of nitrogens with two attached hydrogens (primary N) is 2. The average Bonchev–Trinajstić information content (AvgIpc) is 3.32. The van der Waals surface area contributed by atoms with Crippen LogP contribution in [0.2, 0.25) is 0 Å². The van der Waals surface area contributed by atoms with Crippen LogP contribution in [0.3, 0.4) is 0 Å². The SMILES string of the molecule is Cc1ccc2c(N)c(C(=O)N[C@H]3COc4nc(N5C[C@H](OC(C)C)[C@@H](N)C5)ccc4C3)sc2n1. The summed E-state index contributed by atoms with van der Waals surface area (Å²) < 4.78 is 11.9. The number of carbonyl (C=O) groups is 1. The minimum atomic E-state index is -0.206. The van der Waals surface area contributed by atoms with Crippen molar-refractivity contribution in [2.24, 2.45) is 5.73 Å². The van der Waals surface area contributed by atoms with Crippen molar-refractivity contribution in [1.82, 2.24) is 15.3 Å². The van der Waals surface area contributed by atoms with Gasteiger partial charge in [0, 0.05) is 36.2 Å². The maximum Gasteiger partial charge on any atom is 0.263 e. The van der Waals surface area contributed by atoms with Crippen LogP contribution < -0.4 is 26.4 Å². The number of nitrogen functional groups attached to an aromatic ring is 1. The summed E-state index contributed by atoms with van der Waals surface area (Å²) in [5, 5.41) is 3.87. The van der Waals surface area contributed by atoms with Gasteiger partial charge in [-0.1, -0.05) is 0 Å². The summed E-state index contributed by atoms with van der Waals surface area (Å²) in [6.07, 6.45) is 0.750. The molecule has 0 aliphatic carbocycles. The highest BCUT2D eigenvalue weighted by atomic mass is 32.1. The molecule has 2 aliphatic heterocycles. The van der Waals surface area contributed by atoms with Gasteiger partial charge < -0.3 is 31.2 Å². The third-order valence-electron chi connectivity index (χ3n) is 6.17. The minimum Gasteiger partial charge on any atom is -0.475 e. The Labute approximate surface area is 202 Å². The Bertz CT molecular complexity index is 1230. The second kappa shape index (κ2) is 9.01. The molecule has 5 N–H and O–H groups in total. The minimum absolute atomic E-state index is 0.0150. The van der Waals surface area contributed by atoms with E-state index in [1.54, 1.807) is 0 Å². The van der Waals surface area contributed by atoms with E-state index in [2.05, 4.69) is 15.2 Å². The molecule has 0 spiro atoms. The van der Waals surface area contributed by atoms with Crippen LogP contribution in [-0.4, -0.2) is 59.9 Å². The van der Waals surface area contributed by atoms with E-state index >= 15 is 0 Å². The molecule has 3 atom stereocenters. The molecule has 0 bridgehead atoms. The number of nitrogens with one attached hydrogen (secondary N) is 1. The molecule has 1 fully saturated rings. The largest absolute Gasteiger partial charge is 0.475 e. The second-order valence-electron chi connectivity index (χ2n) is 9.26. The molecule has 0 unspecified atom stereocenters. The third kappa shape index (κ3) is 4.40. The zero-order chi connectivity index (χ0) is 24.0. The Morgan fingerprint density at radius 2 is 2.09 bits per heavy atom. The summed E-state index contributed by atoms with van der Waals surface area (Å²) in [5.74, 6) is 1.22. The number of rotatable bonds is 5. The first-order chi connectivity index (χ1) is 16.3. The maximum atomic E-state index is 13.0. The van der Waals surface area contributed by atoms with Crippen molar-refractivity contribution < 1.29 is 14.3 Å². The van der Waals surface area contributed by atoms with Crippen molar-refractivity contribution in [2.75, 3.05) is 30.3 Å². The van der Waals surface area contributed by atoms with Crippen molar-refractivity contribution in [3.8, 4) is 5.88 Å². The summed E-state index contributed by atoms with van der Waals surface area (Å²) in [5.41, 5.74) is 14.8. The number of aromatic nitrogens is 2. The fourth-order valence-electron chi connectivity index (χ4n) is 4.50. The van der Waals surface area contributed by atoms with Crippen LogP contribution in [0, 0.1) is 6.92 Å². The molecule has 34 heavy (non-hydrogen) atoms. The van der Waals surface area contributed by atoms with Crippen molar-refractivity contribution in [1.29, 1.82) is 0 Å². The summed E-state index contributed by atoms with van der Waals surface area (Å²) in [7, 11) is 0. The fourth-order valence-corrected chi connectivity index (χ4v) is 5.54. The van der Waals surface area contributed by atoms with Crippen LogP contribution in [0.25, 0.3) is 10.2 Å². The lowest BCUT2D eigenvalue weighted by molar-refractivity contribution is 0.0127. The summed E-state index contributed by atoms with van der Waals surface area (Å²) >= 11 is 1.31. The number of carbonyl (C=O) groups excluding carboxylic acids is 1. The quantitative estimate of drug-likeness (QED) is 0.505. The summed E-state index contributed by atoms with van der Waals surface area (Å²) in [6, 6.07) is 7.58. The van der Waals surface area contributed by atoms with E-state index in [4.69, 9.17) is 25.9 Å². The number of hydrogen-bond donors (Lipinski definition) is 3. The van der Waals surface area contributed by atoms with Crippen LogP contribution in [0.15, 0.2) is 24.3 Å². The normalized spacial score (nSPS) is 22.1. The zero-order valence-electron chi connectivity index (χ0n) is 19.6. The lowest BCUT2D eigenvalue weighted by Crippen LogP contribution is -2.43. The Balaban J connectivity index is 1.25. The fraction of sp³-hybridized carbons (Fsp3) is 0.458. The molecule has 10 heteroatoms. The standard InChI is InChI=1S/C24H30N6O3S/c1-12(2)33-18-10-30(9-17(18)25)19-7-5-14-8-15(11-32-23(14)29-19)28-22(31)21-20(26)16-6-4-13(3)27-24(16)34-21/h4-7,12,15,17-18H,8-11,25-26H2,1-3H3,(H,28,31)/t15-,17+,18+/m1/s1. The average molecular weight is 483 g/mol. The number of hydrogen-bond acceptors (Lipinski definition) is 9. The van der Waals surface area contributed by atoms with Gasteiger partial charge in [0.2, 0.25) is 5.88 Å². The van der Waals surface area contributed by atoms with Crippen LogP contribution in [0.1, 0.15) is 34.8 Å². The number of fused-ring (bicyclic) bond motifs is 2. The van der Waals surface area contributed by atoms with Crippen LogP contribution in [-0.2, 0) is 11.2 Å². The monoisotopic (exact) mass is 482 g/mol. The topological polar surface area (TPSA) is 129 Å². The zero-order valence-corrected chi connectivity index (χ0v) is 20.4. The van der Waals surface area contributed by atoms with E-state index in [1.807, 2.05) is 45.0 Å². The van der Waals surface area contributed by atoms with E-state index < -0.39 is 0 Å². The molecular formula is C24H30N6O3S. The van der Waals surface area contributed by atoms with Gasteiger partial charge in [0.05, 0.1) is 30.0 Å². The number of anilines is 2. The van der Waals surface area contributed by atoms with Gasteiger partial charge in [-0.15, -0.1) is 11.3 Å². The maximum absolute atomic E-state index is 13.0. The molecule has 3 aromatic rings. The van der Waals surface area contributed by atoms with Crippen LogP contribution in [0.4, 0.5) is 11.5 Å². The molecule has 2 aliphatic rings. The highest BCUT2D eigenvalue weighted by Crippen LogP contribution is 2.33. The van der Waals surface area contributed by atoms with Gasteiger partial charge in [0.1, 0.15) is 22.1 Å². The van der Waals surface area contributed by atoms with E-state index in [1.165, 1.54) is 11.3 Å². The molecule has 5 heterocycles. The lowest BCUT2D eigenvalue weighted by Gasteiger charge is -2.27. The van der Waals surface area contributed by atoms with Gasteiger partial charge >= 0.3 is 0 Å². The molecule has 0 aromatic carbocycles. The lowest BCUT2D eigenvalue weighted by atomic mass is 10.1. The van der Waals surface area contributed by atoms with Gasteiger partial charge in [0.25, 0.3) is 5.91 Å². The van der Waals surface area contributed by atoms with E-state index in [0.717, 1.165) is 27.3 Å². The first kappa shape index (κ1) is 22.8. The predicted molar refractivity (Wildman–Crippen MR) is 134 cm³/mol. The second-order valence-corrected chi connectivity index (χ2v) is 10.3. The Hall–Kier alpha value is -2.95. The number of amides is 1. The van der Waals surface area contributed by atoms with E-state index in [-0.39, 0.29) is 30.2 Å². The third-order valence-corrected chi connectivity index (χ3v) is 7.28. The molecule has 0 saturated carbocycles. The Kier molecular flexibility index (Phi) is 6.05. The first-order valence-corrected chi connectivity index (χ1v) is 12.4. The molecule has 3 aromatic heterocycles. The van der Waals surface area contributed by atoms with Crippen LogP contribution >= 0.6 is 11.3 Å². The highest BCUT2D eigenvalue weighted by molar-refractivity contribution is 7.21. The molecule has 180 valence electrons. The van der Waals surface area contributed by atoms with E-state index in [9.17, 15) is 4.79 Å². The first-order valence-electron chi connectivity index (χ1n) is 11.5. The van der Waals surface area contributed by atoms with Gasteiger partial charge in [0.15, 0.2) is 0 Å². The number of nitrogens with zero attached hydrogens (tertiary/aromatic N) is 3. The smallest absolute Gasteiger partial charge is 0.263 e. The Morgan fingerprint density at radius 3 is 2.88 bits per heavy atom. The van der Waals surface area contributed by atoms with Gasteiger partial charge in [-0.05, 0) is 45.0 Å². The van der Waals surface area contributed by atoms with Gasteiger partial charge in [-0.3, -0.25) is 4.79 Å². The van der Waals surface area contributed by atoms with Crippen molar-refractivity contribution in [2.45, 2.75) is 51.5 Å². The summed E-state index contributed by atoms with van der Waals surface area (Å²) in [4.78, 5) is 25.5. The predicted octanol–water partition coefficient (Wildman–Crippen LogP) is 2.26. The van der Waals surface area contributed by atoms with Crippen molar-refractivity contribution in [3.05, 3.63) is 40.4 Å².